The summed E-state index contributed by atoms with van der Waals surface area (Å²) in [7, 11) is 1.63. The van der Waals surface area contributed by atoms with Crippen LogP contribution in [-0.2, 0) is 4.79 Å². The highest BCUT2D eigenvalue weighted by Gasteiger charge is 2.32. The van der Waals surface area contributed by atoms with E-state index in [1.807, 2.05) is 73.7 Å². The zero-order chi connectivity index (χ0) is 22.5. The van der Waals surface area contributed by atoms with Crippen LogP contribution in [0.25, 0.3) is 6.08 Å². The molecule has 0 bridgehead atoms. The third-order valence-electron chi connectivity index (χ3n) is 4.73. The van der Waals surface area contributed by atoms with Gasteiger partial charge in [-0.1, -0.05) is 35.5 Å². The highest BCUT2D eigenvalue weighted by atomic mass is 35.5. The summed E-state index contributed by atoms with van der Waals surface area (Å²) in [6, 6.07) is 23.4. The van der Waals surface area contributed by atoms with Crippen molar-refractivity contribution in [3.05, 3.63) is 88.3 Å². The van der Waals surface area contributed by atoms with Gasteiger partial charge in [-0.3, -0.25) is 9.69 Å². The largest absolute Gasteiger partial charge is 0.497 e. The van der Waals surface area contributed by atoms with Crippen molar-refractivity contribution in [2.75, 3.05) is 13.7 Å². The minimum absolute atomic E-state index is 0.0237. The van der Waals surface area contributed by atoms with E-state index in [1.165, 1.54) is 11.8 Å². The lowest BCUT2D eigenvalue weighted by Gasteiger charge is -2.12. The number of amidine groups is 1. The first-order chi connectivity index (χ1) is 15.6. The average Bonchev–Trinajstić information content (AvgIpc) is 3.10. The normalized spacial score (nSPS) is 16.2. The fourth-order valence-corrected chi connectivity index (χ4v) is 5.06. The maximum atomic E-state index is 12.9. The smallest absolute Gasteiger partial charge is 0.266 e. The summed E-state index contributed by atoms with van der Waals surface area (Å²) in [4.78, 5) is 22.2. The topological polar surface area (TPSA) is 41.9 Å². The van der Waals surface area contributed by atoms with E-state index in [1.54, 1.807) is 23.8 Å². The molecule has 3 aromatic rings. The molecule has 0 atom stereocenters. The van der Waals surface area contributed by atoms with Gasteiger partial charge in [0.25, 0.3) is 5.91 Å². The van der Waals surface area contributed by atoms with Crippen LogP contribution in [0.3, 0.4) is 0 Å². The van der Waals surface area contributed by atoms with Gasteiger partial charge in [0.15, 0.2) is 5.17 Å². The second-order valence-corrected chi connectivity index (χ2v) is 9.47. The Balaban J connectivity index is 1.50. The van der Waals surface area contributed by atoms with Crippen LogP contribution in [0.15, 0.2) is 92.5 Å². The number of halogens is 1. The van der Waals surface area contributed by atoms with Crippen LogP contribution in [0, 0.1) is 0 Å². The molecule has 1 fully saturated rings. The molecule has 4 rings (SSSR count). The Bertz CT molecular complexity index is 1160. The second-order valence-electron chi connectivity index (χ2n) is 6.88. The predicted octanol–water partition coefficient (Wildman–Crippen LogP) is 7.12. The lowest BCUT2D eigenvalue weighted by Crippen LogP contribution is -2.28. The Morgan fingerprint density at radius 3 is 2.22 bits per heavy atom. The average molecular weight is 481 g/mol. The minimum Gasteiger partial charge on any atom is -0.497 e. The molecule has 0 N–H and O–H groups in total. The molecule has 162 valence electrons. The standard InChI is InChI=1S/C25H21ClN2O2S2/c1-3-28-24(29)23(32-25(28)27-19-8-10-20(30-2)11-9-19)16-17-4-12-21(13-5-17)31-22-14-6-18(26)7-15-22/h4-16H,3H2,1-2H3/b23-16+,27-25?. The number of amides is 1. The quantitative estimate of drug-likeness (QED) is 0.352. The number of likely N-dealkylation sites (N-methyl/N-ethyl adjacent to an activating group) is 1. The van der Waals surface area contributed by atoms with Gasteiger partial charge in [0, 0.05) is 21.4 Å². The molecule has 1 aliphatic heterocycles. The van der Waals surface area contributed by atoms with Crippen molar-refractivity contribution in [3.8, 4) is 5.75 Å². The third kappa shape index (κ3) is 5.38. The van der Waals surface area contributed by atoms with Gasteiger partial charge in [-0.25, -0.2) is 4.99 Å². The van der Waals surface area contributed by atoms with Gasteiger partial charge in [0.2, 0.25) is 0 Å². The second kappa shape index (κ2) is 10.3. The number of nitrogens with zero attached hydrogens (tertiary/aromatic N) is 2. The van der Waals surface area contributed by atoms with Crippen molar-refractivity contribution >= 4 is 58.0 Å². The predicted molar refractivity (Wildman–Crippen MR) is 135 cm³/mol. The maximum absolute atomic E-state index is 12.9. The number of methoxy groups -OCH3 is 1. The van der Waals surface area contributed by atoms with Gasteiger partial charge in [-0.15, -0.1) is 0 Å². The van der Waals surface area contributed by atoms with Crippen LogP contribution in [0.5, 0.6) is 5.75 Å². The van der Waals surface area contributed by atoms with E-state index in [0.717, 1.165) is 31.8 Å². The molecular weight excluding hydrogens is 460 g/mol. The minimum atomic E-state index is -0.0237. The molecule has 0 radical (unpaired) electrons. The highest BCUT2D eigenvalue weighted by molar-refractivity contribution is 8.18. The van der Waals surface area contributed by atoms with Gasteiger partial charge in [-0.05, 0) is 91.0 Å². The van der Waals surface area contributed by atoms with Crippen LogP contribution >= 0.6 is 35.1 Å². The molecule has 1 heterocycles. The fraction of sp³-hybridized carbons (Fsp3) is 0.120. The van der Waals surface area contributed by atoms with Crippen LogP contribution < -0.4 is 4.74 Å². The fourth-order valence-electron chi connectivity index (χ4n) is 3.06. The number of thioether (sulfide) groups is 1. The van der Waals surface area contributed by atoms with Crippen molar-refractivity contribution in [2.24, 2.45) is 4.99 Å². The number of aliphatic imine (C=N–C) groups is 1. The van der Waals surface area contributed by atoms with E-state index in [2.05, 4.69) is 17.1 Å². The number of carbonyl (C=O) groups is 1. The van der Waals surface area contributed by atoms with Gasteiger partial charge in [0.05, 0.1) is 17.7 Å². The summed E-state index contributed by atoms with van der Waals surface area (Å²) in [5.41, 5.74) is 1.76. The number of hydrogen-bond acceptors (Lipinski definition) is 5. The molecule has 1 saturated heterocycles. The molecule has 3 aromatic carbocycles. The number of carbonyl (C=O) groups excluding carboxylic acids is 1. The summed E-state index contributed by atoms with van der Waals surface area (Å²) in [6.07, 6.45) is 1.92. The lowest BCUT2D eigenvalue weighted by atomic mass is 10.2. The number of ether oxygens (including phenoxy) is 1. The SMILES string of the molecule is CCN1C(=O)/C(=C\c2ccc(Sc3ccc(Cl)cc3)cc2)SC1=Nc1ccc(OC)cc1. The highest BCUT2D eigenvalue weighted by Crippen LogP contribution is 2.35. The Labute approximate surface area is 201 Å². The Morgan fingerprint density at radius 2 is 1.62 bits per heavy atom. The molecule has 1 amide bonds. The number of rotatable bonds is 6. The van der Waals surface area contributed by atoms with Crippen molar-refractivity contribution in [1.82, 2.24) is 4.90 Å². The summed E-state index contributed by atoms with van der Waals surface area (Å²) in [5, 5.41) is 1.41. The molecule has 0 aromatic heterocycles. The zero-order valence-electron chi connectivity index (χ0n) is 17.6. The van der Waals surface area contributed by atoms with Crippen molar-refractivity contribution in [3.63, 3.8) is 0 Å². The Hall–Kier alpha value is -2.67. The van der Waals surface area contributed by atoms with E-state index in [9.17, 15) is 4.79 Å². The summed E-state index contributed by atoms with van der Waals surface area (Å²) >= 11 is 9.02. The molecule has 7 heteroatoms. The molecule has 0 unspecified atom stereocenters. The van der Waals surface area contributed by atoms with Crippen molar-refractivity contribution < 1.29 is 9.53 Å². The monoisotopic (exact) mass is 480 g/mol. The van der Waals surface area contributed by atoms with Gasteiger partial charge in [-0.2, -0.15) is 0 Å². The molecule has 0 spiro atoms. The van der Waals surface area contributed by atoms with Crippen LogP contribution in [0.4, 0.5) is 5.69 Å². The van der Waals surface area contributed by atoms with E-state index in [0.29, 0.717) is 16.6 Å². The zero-order valence-corrected chi connectivity index (χ0v) is 20.0. The first kappa shape index (κ1) is 22.5. The third-order valence-corrected chi connectivity index (χ3v) is 7.00. The van der Waals surface area contributed by atoms with Gasteiger partial charge < -0.3 is 4.74 Å². The molecular formula is C25H21ClN2O2S2. The molecule has 32 heavy (non-hydrogen) atoms. The van der Waals surface area contributed by atoms with E-state index < -0.39 is 0 Å². The summed E-state index contributed by atoms with van der Waals surface area (Å²) in [6.45, 7) is 2.52. The maximum Gasteiger partial charge on any atom is 0.266 e. The molecule has 0 saturated carbocycles. The van der Waals surface area contributed by atoms with E-state index in [4.69, 9.17) is 16.3 Å². The molecule has 0 aliphatic carbocycles. The van der Waals surface area contributed by atoms with Crippen LogP contribution in [-0.4, -0.2) is 29.6 Å². The number of hydrogen-bond donors (Lipinski definition) is 0. The van der Waals surface area contributed by atoms with Gasteiger partial charge >= 0.3 is 0 Å². The van der Waals surface area contributed by atoms with E-state index >= 15 is 0 Å². The summed E-state index contributed by atoms with van der Waals surface area (Å²) < 4.78 is 5.19. The Kier molecular flexibility index (Phi) is 7.25. The van der Waals surface area contributed by atoms with Crippen molar-refractivity contribution in [1.29, 1.82) is 0 Å². The van der Waals surface area contributed by atoms with E-state index in [-0.39, 0.29) is 5.91 Å². The molecule has 4 nitrogen and oxygen atoms in total. The lowest BCUT2D eigenvalue weighted by molar-refractivity contribution is -0.122. The summed E-state index contributed by atoms with van der Waals surface area (Å²) in [5.74, 6) is 0.749. The number of benzene rings is 3. The molecule has 1 aliphatic rings. The van der Waals surface area contributed by atoms with Crippen LogP contribution in [0.2, 0.25) is 5.02 Å². The van der Waals surface area contributed by atoms with Crippen LogP contribution in [0.1, 0.15) is 12.5 Å². The first-order valence-electron chi connectivity index (χ1n) is 10.0. The first-order valence-corrected chi connectivity index (χ1v) is 12.0. The Morgan fingerprint density at radius 1 is 1.00 bits per heavy atom. The van der Waals surface area contributed by atoms with Crippen molar-refractivity contribution in [2.45, 2.75) is 16.7 Å². The van der Waals surface area contributed by atoms with Gasteiger partial charge in [0.1, 0.15) is 5.75 Å².